The second kappa shape index (κ2) is 7.29. The van der Waals surface area contributed by atoms with Crippen molar-refractivity contribution in [2.45, 2.75) is 33.2 Å². The number of carbonyl (C=O) groups is 1. The SMILES string of the molecule is CCCNC(=O)Cn1c(=O)c2c(OC)c(CC)cnc2n(C)c1=O. The fourth-order valence-corrected chi connectivity index (χ4v) is 2.55. The number of ether oxygens (including phenoxy) is 1. The molecule has 0 saturated heterocycles. The van der Waals surface area contributed by atoms with E-state index in [1.54, 1.807) is 6.20 Å². The third-order valence-electron chi connectivity index (χ3n) is 3.84. The van der Waals surface area contributed by atoms with Crippen LogP contribution in [0.5, 0.6) is 5.75 Å². The van der Waals surface area contributed by atoms with Gasteiger partial charge in [-0.25, -0.2) is 14.3 Å². The smallest absolute Gasteiger partial charge is 0.332 e. The first-order valence-electron chi connectivity index (χ1n) is 7.88. The van der Waals surface area contributed by atoms with Crippen molar-refractivity contribution in [3.63, 3.8) is 0 Å². The first-order valence-corrected chi connectivity index (χ1v) is 7.88. The van der Waals surface area contributed by atoms with Crippen LogP contribution in [0.25, 0.3) is 11.0 Å². The van der Waals surface area contributed by atoms with Gasteiger partial charge in [0.1, 0.15) is 17.7 Å². The maximum atomic E-state index is 12.8. The molecular formula is C16H22N4O4. The summed E-state index contributed by atoms with van der Waals surface area (Å²) in [6, 6.07) is 0. The van der Waals surface area contributed by atoms with E-state index >= 15 is 0 Å². The van der Waals surface area contributed by atoms with Gasteiger partial charge in [0.2, 0.25) is 5.91 Å². The molecule has 2 rings (SSSR count). The molecule has 0 bridgehead atoms. The Morgan fingerprint density at radius 2 is 2.04 bits per heavy atom. The Bertz CT molecular complexity index is 882. The molecule has 0 unspecified atom stereocenters. The van der Waals surface area contributed by atoms with Gasteiger partial charge in [0, 0.05) is 25.4 Å². The standard InChI is InChI=1S/C16H22N4O4/c1-5-7-17-11(21)9-20-15(22)12-13(24-4)10(6-2)8-18-14(12)19(3)16(20)23/h8H,5-7,9H2,1-4H3,(H,17,21). The lowest BCUT2D eigenvalue weighted by Crippen LogP contribution is -2.43. The van der Waals surface area contributed by atoms with E-state index in [2.05, 4.69) is 10.3 Å². The van der Waals surface area contributed by atoms with Gasteiger partial charge in [-0.15, -0.1) is 0 Å². The van der Waals surface area contributed by atoms with Crippen LogP contribution in [0.3, 0.4) is 0 Å². The molecule has 8 heteroatoms. The average Bonchev–Trinajstić information content (AvgIpc) is 2.60. The number of pyridine rings is 1. The number of fused-ring (bicyclic) bond motifs is 1. The highest BCUT2D eigenvalue weighted by Crippen LogP contribution is 2.24. The van der Waals surface area contributed by atoms with Crippen molar-refractivity contribution in [3.05, 3.63) is 32.6 Å². The number of aromatic nitrogens is 3. The van der Waals surface area contributed by atoms with E-state index < -0.39 is 11.2 Å². The van der Waals surface area contributed by atoms with E-state index in [9.17, 15) is 14.4 Å². The van der Waals surface area contributed by atoms with Gasteiger partial charge < -0.3 is 10.1 Å². The maximum absolute atomic E-state index is 12.8. The number of nitrogens with zero attached hydrogens (tertiary/aromatic N) is 3. The van der Waals surface area contributed by atoms with Crippen molar-refractivity contribution in [1.29, 1.82) is 0 Å². The predicted octanol–water partition coefficient (Wildman–Crippen LogP) is 0.192. The zero-order chi connectivity index (χ0) is 17.9. The Labute approximate surface area is 139 Å². The number of methoxy groups -OCH3 is 1. The molecule has 2 aromatic heterocycles. The van der Waals surface area contributed by atoms with Gasteiger partial charge in [0.15, 0.2) is 5.65 Å². The van der Waals surface area contributed by atoms with Crippen LogP contribution in [0.15, 0.2) is 15.8 Å². The van der Waals surface area contributed by atoms with Crippen LogP contribution >= 0.6 is 0 Å². The summed E-state index contributed by atoms with van der Waals surface area (Å²) >= 11 is 0. The summed E-state index contributed by atoms with van der Waals surface area (Å²) in [7, 11) is 2.99. The number of carbonyl (C=O) groups excluding carboxylic acids is 1. The fourth-order valence-electron chi connectivity index (χ4n) is 2.55. The molecule has 24 heavy (non-hydrogen) atoms. The summed E-state index contributed by atoms with van der Waals surface area (Å²) < 4.78 is 7.55. The summed E-state index contributed by atoms with van der Waals surface area (Å²) in [5, 5.41) is 2.87. The third kappa shape index (κ3) is 3.04. The number of aryl methyl sites for hydroxylation is 2. The van der Waals surface area contributed by atoms with Crippen molar-refractivity contribution in [2.75, 3.05) is 13.7 Å². The molecule has 0 aliphatic carbocycles. The van der Waals surface area contributed by atoms with Crippen molar-refractivity contribution in [2.24, 2.45) is 7.05 Å². The van der Waals surface area contributed by atoms with E-state index in [0.29, 0.717) is 18.7 Å². The summed E-state index contributed by atoms with van der Waals surface area (Å²) in [5.74, 6) is 0.0137. The molecular weight excluding hydrogens is 312 g/mol. The van der Waals surface area contributed by atoms with Gasteiger partial charge >= 0.3 is 5.69 Å². The largest absolute Gasteiger partial charge is 0.495 e. The normalized spacial score (nSPS) is 10.8. The van der Waals surface area contributed by atoms with Crippen LogP contribution in [-0.4, -0.2) is 33.7 Å². The second-order valence-corrected chi connectivity index (χ2v) is 5.45. The van der Waals surface area contributed by atoms with E-state index in [0.717, 1.165) is 16.6 Å². The number of amides is 1. The highest BCUT2D eigenvalue weighted by molar-refractivity contribution is 5.83. The summed E-state index contributed by atoms with van der Waals surface area (Å²) in [4.78, 5) is 41.4. The Kier molecular flexibility index (Phi) is 5.38. The second-order valence-electron chi connectivity index (χ2n) is 5.45. The van der Waals surface area contributed by atoms with E-state index in [1.807, 2.05) is 13.8 Å². The minimum Gasteiger partial charge on any atom is -0.495 e. The van der Waals surface area contributed by atoms with Crippen LogP contribution in [0.1, 0.15) is 25.8 Å². The Morgan fingerprint density at radius 3 is 2.62 bits per heavy atom. The van der Waals surface area contributed by atoms with E-state index in [4.69, 9.17) is 4.74 Å². The Balaban J connectivity index is 2.71. The fraction of sp³-hybridized carbons (Fsp3) is 0.500. The molecule has 0 aliphatic heterocycles. The lowest BCUT2D eigenvalue weighted by Gasteiger charge is -2.14. The molecule has 0 radical (unpaired) electrons. The molecule has 1 N–H and O–H groups in total. The predicted molar refractivity (Wildman–Crippen MR) is 90.5 cm³/mol. The van der Waals surface area contributed by atoms with Crippen LogP contribution in [0.4, 0.5) is 0 Å². The van der Waals surface area contributed by atoms with Crippen molar-refractivity contribution in [1.82, 2.24) is 19.4 Å². The van der Waals surface area contributed by atoms with Gasteiger partial charge in [0.25, 0.3) is 5.56 Å². The highest BCUT2D eigenvalue weighted by Gasteiger charge is 2.19. The van der Waals surface area contributed by atoms with Crippen LogP contribution in [0, 0.1) is 0 Å². The Morgan fingerprint density at radius 1 is 1.33 bits per heavy atom. The zero-order valence-electron chi connectivity index (χ0n) is 14.4. The Hall–Kier alpha value is -2.64. The first kappa shape index (κ1) is 17.7. The summed E-state index contributed by atoms with van der Waals surface area (Å²) in [6.07, 6.45) is 3.00. The van der Waals surface area contributed by atoms with Gasteiger partial charge in [-0.05, 0) is 12.8 Å². The number of nitrogens with one attached hydrogen (secondary N) is 1. The topological polar surface area (TPSA) is 95.2 Å². The molecule has 0 aromatic carbocycles. The van der Waals surface area contributed by atoms with E-state index in [1.165, 1.54) is 18.7 Å². The molecule has 1 amide bonds. The van der Waals surface area contributed by atoms with Crippen molar-refractivity contribution in [3.8, 4) is 5.75 Å². The number of hydrogen-bond acceptors (Lipinski definition) is 5. The van der Waals surface area contributed by atoms with Gasteiger partial charge in [-0.2, -0.15) is 0 Å². The van der Waals surface area contributed by atoms with Crippen LogP contribution in [0.2, 0.25) is 0 Å². The quantitative estimate of drug-likeness (QED) is 0.814. The number of hydrogen-bond donors (Lipinski definition) is 1. The van der Waals surface area contributed by atoms with Crippen molar-refractivity contribution < 1.29 is 9.53 Å². The molecule has 2 heterocycles. The van der Waals surface area contributed by atoms with Gasteiger partial charge in [-0.3, -0.25) is 14.2 Å². The molecule has 0 saturated carbocycles. The minimum absolute atomic E-state index is 0.210. The number of rotatable bonds is 6. The maximum Gasteiger partial charge on any atom is 0.332 e. The molecule has 2 aromatic rings. The first-order chi connectivity index (χ1) is 11.5. The summed E-state index contributed by atoms with van der Waals surface area (Å²) in [5.41, 5.74) is -0.149. The highest BCUT2D eigenvalue weighted by atomic mass is 16.5. The molecule has 130 valence electrons. The van der Waals surface area contributed by atoms with Gasteiger partial charge in [0.05, 0.1) is 7.11 Å². The van der Waals surface area contributed by atoms with Crippen LogP contribution < -0.4 is 21.3 Å². The monoisotopic (exact) mass is 334 g/mol. The lowest BCUT2D eigenvalue weighted by atomic mass is 10.1. The minimum atomic E-state index is -0.585. The van der Waals surface area contributed by atoms with Crippen LogP contribution in [-0.2, 0) is 24.8 Å². The van der Waals surface area contributed by atoms with Crippen molar-refractivity contribution >= 4 is 16.9 Å². The molecule has 0 atom stereocenters. The third-order valence-corrected chi connectivity index (χ3v) is 3.84. The molecule has 0 fully saturated rings. The summed E-state index contributed by atoms with van der Waals surface area (Å²) in [6.45, 7) is 4.00. The lowest BCUT2D eigenvalue weighted by molar-refractivity contribution is -0.121. The molecule has 0 spiro atoms. The van der Waals surface area contributed by atoms with E-state index in [-0.39, 0.29) is 23.5 Å². The molecule has 0 aliphatic rings. The average molecular weight is 334 g/mol. The molecule has 8 nitrogen and oxygen atoms in total. The zero-order valence-corrected chi connectivity index (χ0v) is 14.4. The van der Waals surface area contributed by atoms with Gasteiger partial charge in [-0.1, -0.05) is 13.8 Å².